The Morgan fingerprint density at radius 3 is 2.50 bits per heavy atom. The van der Waals surface area contributed by atoms with Crippen molar-refractivity contribution in [2.45, 2.75) is 6.92 Å². The number of nitrogens with zero attached hydrogens (tertiary/aromatic N) is 1. The topological polar surface area (TPSA) is 28.1 Å². The summed E-state index contributed by atoms with van der Waals surface area (Å²) in [5.74, 6) is 0. The highest BCUT2D eigenvalue weighted by Gasteiger charge is 1.90. The maximum absolute atomic E-state index is 4.33. The van der Waals surface area contributed by atoms with Gasteiger partial charge in [-0.3, -0.25) is 4.99 Å². The molecule has 0 atom stereocenters. The van der Waals surface area contributed by atoms with Crippen LogP contribution < -0.4 is 0 Å². The highest BCUT2D eigenvalue weighted by Crippen LogP contribution is 2.09. The Bertz CT molecular complexity index is 427. The van der Waals surface area contributed by atoms with Crippen LogP contribution in [0.25, 0.3) is 0 Å². The SMILES string of the molecule is Cc1ccc(C=Nc2ccccc2)[nH]1. The van der Waals surface area contributed by atoms with Crippen molar-refractivity contribution in [1.82, 2.24) is 4.98 Å². The van der Waals surface area contributed by atoms with E-state index in [9.17, 15) is 0 Å². The zero-order chi connectivity index (χ0) is 9.80. The number of hydrogen-bond donors (Lipinski definition) is 1. The molecule has 0 fully saturated rings. The van der Waals surface area contributed by atoms with Crippen molar-refractivity contribution in [1.29, 1.82) is 0 Å². The lowest BCUT2D eigenvalue weighted by molar-refractivity contribution is 1.25. The van der Waals surface area contributed by atoms with Gasteiger partial charge in [0.2, 0.25) is 0 Å². The zero-order valence-corrected chi connectivity index (χ0v) is 8.07. The molecule has 0 unspecified atom stereocenters. The van der Waals surface area contributed by atoms with E-state index in [2.05, 4.69) is 9.98 Å². The average Bonchev–Trinajstić information content (AvgIpc) is 2.63. The van der Waals surface area contributed by atoms with E-state index in [1.807, 2.05) is 55.6 Å². The number of rotatable bonds is 2. The summed E-state index contributed by atoms with van der Waals surface area (Å²) in [5.41, 5.74) is 3.16. The van der Waals surface area contributed by atoms with E-state index in [-0.39, 0.29) is 0 Å². The highest BCUT2D eigenvalue weighted by atomic mass is 14.8. The van der Waals surface area contributed by atoms with Gasteiger partial charge in [0.1, 0.15) is 0 Å². The number of aromatic nitrogens is 1. The molecule has 2 nitrogen and oxygen atoms in total. The van der Waals surface area contributed by atoms with Gasteiger partial charge in [-0.15, -0.1) is 0 Å². The van der Waals surface area contributed by atoms with Crippen LogP contribution in [0.15, 0.2) is 47.5 Å². The van der Waals surface area contributed by atoms with Crippen LogP contribution in [0, 0.1) is 6.92 Å². The van der Waals surface area contributed by atoms with Gasteiger partial charge in [-0.05, 0) is 31.2 Å². The van der Waals surface area contributed by atoms with E-state index >= 15 is 0 Å². The summed E-state index contributed by atoms with van der Waals surface area (Å²) in [4.78, 5) is 7.53. The summed E-state index contributed by atoms with van der Waals surface area (Å²) in [6, 6.07) is 13.9. The molecule has 0 saturated carbocycles. The third-order valence-corrected chi connectivity index (χ3v) is 1.96. The second-order valence-electron chi connectivity index (χ2n) is 3.19. The monoisotopic (exact) mass is 184 g/mol. The summed E-state index contributed by atoms with van der Waals surface area (Å²) < 4.78 is 0. The van der Waals surface area contributed by atoms with Crippen molar-refractivity contribution in [2.75, 3.05) is 0 Å². The minimum atomic E-state index is 0.972. The third-order valence-electron chi connectivity index (χ3n) is 1.96. The van der Waals surface area contributed by atoms with E-state index in [1.165, 1.54) is 0 Å². The van der Waals surface area contributed by atoms with Crippen molar-refractivity contribution >= 4 is 11.9 Å². The van der Waals surface area contributed by atoms with Gasteiger partial charge in [-0.2, -0.15) is 0 Å². The molecule has 0 radical (unpaired) electrons. The molecule has 1 aromatic heterocycles. The Morgan fingerprint density at radius 2 is 1.86 bits per heavy atom. The molecule has 1 aromatic carbocycles. The average molecular weight is 184 g/mol. The molecule has 0 bridgehead atoms. The van der Waals surface area contributed by atoms with Gasteiger partial charge in [0.15, 0.2) is 0 Å². The van der Waals surface area contributed by atoms with Crippen LogP contribution in [0.5, 0.6) is 0 Å². The number of para-hydroxylation sites is 1. The van der Waals surface area contributed by atoms with Gasteiger partial charge in [0.05, 0.1) is 17.6 Å². The predicted octanol–water partition coefficient (Wildman–Crippen LogP) is 3.07. The molecule has 0 saturated heterocycles. The van der Waals surface area contributed by atoms with Gasteiger partial charge in [-0.1, -0.05) is 18.2 Å². The quantitative estimate of drug-likeness (QED) is 0.695. The van der Waals surface area contributed by atoms with E-state index < -0.39 is 0 Å². The van der Waals surface area contributed by atoms with Gasteiger partial charge >= 0.3 is 0 Å². The number of hydrogen-bond acceptors (Lipinski definition) is 1. The molecule has 0 aliphatic heterocycles. The molecule has 1 N–H and O–H groups in total. The number of aliphatic imine (C=N–C) groups is 1. The maximum Gasteiger partial charge on any atom is 0.0630 e. The van der Waals surface area contributed by atoms with Crippen molar-refractivity contribution in [3.63, 3.8) is 0 Å². The van der Waals surface area contributed by atoms with Gasteiger partial charge in [-0.25, -0.2) is 0 Å². The second-order valence-corrected chi connectivity index (χ2v) is 3.19. The van der Waals surface area contributed by atoms with E-state index in [4.69, 9.17) is 0 Å². The lowest BCUT2D eigenvalue weighted by Gasteiger charge is -1.90. The van der Waals surface area contributed by atoms with Crippen molar-refractivity contribution in [3.8, 4) is 0 Å². The number of H-pyrrole nitrogens is 1. The zero-order valence-electron chi connectivity index (χ0n) is 8.07. The van der Waals surface area contributed by atoms with Crippen LogP contribution in [-0.4, -0.2) is 11.2 Å². The molecule has 0 aliphatic rings. The molecular weight excluding hydrogens is 172 g/mol. The fourth-order valence-electron chi connectivity index (χ4n) is 1.26. The first kappa shape index (κ1) is 8.75. The van der Waals surface area contributed by atoms with Crippen LogP contribution in [0.2, 0.25) is 0 Å². The third kappa shape index (κ3) is 2.10. The molecule has 70 valence electrons. The van der Waals surface area contributed by atoms with Crippen LogP contribution in [0.1, 0.15) is 11.4 Å². The van der Waals surface area contributed by atoms with Crippen LogP contribution in [0.4, 0.5) is 5.69 Å². The van der Waals surface area contributed by atoms with Crippen molar-refractivity contribution in [2.24, 2.45) is 4.99 Å². The van der Waals surface area contributed by atoms with E-state index in [1.54, 1.807) is 0 Å². The molecule has 0 aliphatic carbocycles. The Balaban J connectivity index is 2.15. The first-order valence-electron chi connectivity index (χ1n) is 4.59. The molecule has 2 rings (SSSR count). The summed E-state index contributed by atoms with van der Waals surface area (Å²) in [7, 11) is 0. The maximum atomic E-state index is 4.33. The number of nitrogens with one attached hydrogen (secondary N) is 1. The van der Waals surface area contributed by atoms with Gasteiger partial charge in [0, 0.05) is 5.69 Å². The molecule has 0 spiro atoms. The Morgan fingerprint density at radius 1 is 1.07 bits per heavy atom. The molecule has 2 heteroatoms. The smallest absolute Gasteiger partial charge is 0.0630 e. The lowest BCUT2D eigenvalue weighted by atomic mass is 10.3. The summed E-state index contributed by atoms with van der Waals surface area (Å²) in [5, 5.41) is 0. The summed E-state index contributed by atoms with van der Waals surface area (Å²) >= 11 is 0. The minimum absolute atomic E-state index is 0.972. The van der Waals surface area contributed by atoms with Crippen LogP contribution in [0.3, 0.4) is 0 Å². The Labute approximate surface area is 83.3 Å². The predicted molar refractivity (Wildman–Crippen MR) is 59.2 cm³/mol. The van der Waals surface area contributed by atoms with Gasteiger partial charge in [0.25, 0.3) is 0 Å². The lowest BCUT2D eigenvalue weighted by Crippen LogP contribution is -1.79. The Kier molecular flexibility index (Phi) is 2.45. The molecular formula is C12H12N2. The first-order chi connectivity index (χ1) is 6.84. The first-order valence-corrected chi connectivity index (χ1v) is 4.59. The summed E-state index contributed by atoms with van der Waals surface area (Å²) in [6.07, 6.45) is 1.84. The van der Waals surface area contributed by atoms with E-state index in [0.29, 0.717) is 0 Å². The number of aromatic amines is 1. The number of benzene rings is 1. The minimum Gasteiger partial charge on any atom is -0.358 e. The van der Waals surface area contributed by atoms with Crippen molar-refractivity contribution < 1.29 is 0 Å². The fraction of sp³-hybridized carbons (Fsp3) is 0.0833. The summed E-state index contributed by atoms with van der Waals surface area (Å²) in [6.45, 7) is 2.03. The molecule has 0 amide bonds. The normalized spacial score (nSPS) is 10.9. The molecule has 2 aromatic rings. The fourth-order valence-corrected chi connectivity index (χ4v) is 1.26. The van der Waals surface area contributed by atoms with E-state index in [0.717, 1.165) is 17.1 Å². The van der Waals surface area contributed by atoms with Crippen LogP contribution in [-0.2, 0) is 0 Å². The van der Waals surface area contributed by atoms with Crippen molar-refractivity contribution in [3.05, 3.63) is 53.9 Å². The molecule has 1 heterocycles. The highest BCUT2D eigenvalue weighted by molar-refractivity contribution is 5.79. The molecule has 14 heavy (non-hydrogen) atoms. The Hall–Kier alpha value is -1.83. The second kappa shape index (κ2) is 3.92. The van der Waals surface area contributed by atoms with Crippen LogP contribution >= 0.6 is 0 Å². The largest absolute Gasteiger partial charge is 0.358 e. The van der Waals surface area contributed by atoms with Gasteiger partial charge < -0.3 is 4.98 Å². The standard InChI is InChI=1S/C12H12N2/c1-10-7-8-12(14-10)9-13-11-5-3-2-4-6-11/h2-9,14H,1H3. The number of aryl methyl sites for hydroxylation is 1.